The van der Waals surface area contributed by atoms with E-state index in [9.17, 15) is 24.5 Å². The third-order valence-electron chi connectivity index (χ3n) is 4.73. The molecule has 4 aromatic rings. The number of nitrogens with zero attached hydrogens (tertiary/aromatic N) is 1. The van der Waals surface area contributed by atoms with E-state index in [4.69, 9.17) is 11.5 Å². The van der Waals surface area contributed by atoms with Crippen molar-refractivity contribution in [2.24, 2.45) is 11.5 Å². The van der Waals surface area contributed by atoms with E-state index >= 15 is 0 Å². The minimum atomic E-state index is -0.675. The van der Waals surface area contributed by atoms with Crippen molar-refractivity contribution in [1.29, 1.82) is 0 Å². The number of rotatable bonds is 4. The van der Waals surface area contributed by atoms with Gasteiger partial charge in [-0.05, 0) is 53.6 Å². The van der Waals surface area contributed by atoms with Crippen LogP contribution in [0.25, 0.3) is 31.3 Å². The first-order chi connectivity index (χ1) is 14.3. The molecule has 0 unspecified atom stereocenters. The lowest BCUT2D eigenvalue weighted by molar-refractivity contribution is -0.384. The molecule has 148 valence electrons. The molecule has 1 aromatic heterocycles. The van der Waals surface area contributed by atoms with Gasteiger partial charge >= 0.3 is 0 Å². The molecular formula is C21H13N3O5S. The molecule has 0 bridgehead atoms. The van der Waals surface area contributed by atoms with E-state index in [-0.39, 0.29) is 22.2 Å². The number of nitro groups is 1. The molecule has 8 nitrogen and oxygen atoms in total. The molecule has 0 saturated heterocycles. The summed E-state index contributed by atoms with van der Waals surface area (Å²) in [6.45, 7) is 0. The van der Waals surface area contributed by atoms with Crippen molar-refractivity contribution < 1.29 is 14.5 Å². The number of carbonyl (C=O) groups is 2. The zero-order valence-corrected chi connectivity index (χ0v) is 16.1. The van der Waals surface area contributed by atoms with Crippen molar-refractivity contribution >= 4 is 49.0 Å². The van der Waals surface area contributed by atoms with Crippen LogP contribution in [0.1, 0.15) is 20.7 Å². The number of hydrogen-bond acceptors (Lipinski definition) is 6. The quantitative estimate of drug-likeness (QED) is 0.296. The van der Waals surface area contributed by atoms with Gasteiger partial charge in [-0.15, -0.1) is 11.3 Å². The predicted molar refractivity (Wildman–Crippen MR) is 115 cm³/mol. The number of amides is 2. The first-order valence-corrected chi connectivity index (χ1v) is 9.47. The van der Waals surface area contributed by atoms with Crippen molar-refractivity contribution in [1.82, 2.24) is 0 Å². The van der Waals surface area contributed by atoms with Crippen LogP contribution in [0.4, 0.5) is 5.69 Å². The molecule has 2 amide bonds. The summed E-state index contributed by atoms with van der Waals surface area (Å²) in [5.41, 5.74) is 11.8. The van der Waals surface area contributed by atoms with E-state index in [0.717, 1.165) is 0 Å². The van der Waals surface area contributed by atoms with Crippen LogP contribution in [-0.4, -0.2) is 16.7 Å². The van der Waals surface area contributed by atoms with Gasteiger partial charge < -0.3 is 11.5 Å². The second kappa shape index (κ2) is 7.05. The smallest absolute Gasteiger partial charge is 0.269 e. The van der Waals surface area contributed by atoms with Crippen LogP contribution in [0.2, 0.25) is 0 Å². The second-order valence-electron chi connectivity index (χ2n) is 6.57. The van der Waals surface area contributed by atoms with Gasteiger partial charge in [0.1, 0.15) is 0 Å². The highest BCUT2D eigenvalue weighted by atomic mass is 32.1. The summed E-state index contributed by atoms with van der Waals surface area (Å²) in [6.07, 6.45) is 0. The molecule has 0 aliphatic carbocycles. The van der Waals surface area contributed by atoms with E-state index < -0.39 is 16.7 Å². The fourth-order valence-corrected chi connectivity index (χ4v) is 4.45. The van der Waals surface area contributed by atoms with Crippen molar-refractivity contribution in [2.75, 3.05) is 0 Å². The van der Waals surface area contributed by atoms with Gasteiger partial charge in [0.15, 0.2) is 5.43 Å². The average molecular weight is 419 g/mol. The summed E-state index contributed by atoms with van der Waals surface area (Å²) >= 11 is 1.22. The molecule has 0 spiro atoms. The predicted octanol–water partition coefficient (Wildman–Crippen LogP) is 3.19. The molecule has 0 fully saturated rings. The Bertz CT molecular complexity index is 1440. The van der Waals surface area contributed by atoms with Crippen LogP contribution < -0.4 is 16.9 Å². The zero-order chi connectivity index (χ0) is 21.6. The van der Waals surface area contributed by atoms with Crippen LogP contribution in [0.5, 0.6) is 0 Å². The highest BCUT2D eigenvalue weighted by Crippen LogP contribution is 2.34. The van der Waals surface area contributed by atoms with Gasteiger partial charge in [0, 0.05) is 43.4 Å². The molecule has 0 radical (unpaired) electrons. The molecule has 9 heteroatoms. The van der Waals surface area contributed by atoms with Crippen LogP contribution in [0.3, 0.4) is 0 Å². The second-order valence-corrected chi connectivity index (χ2v) is 7.66. The molecule has 0 saturated carbocycles. The van der Waals surface area contributed by atoms with Crippen LogP contribution in [0.15, 0.2) is 59.4 Å². The largest absolute Gasteiger partial charge is 0.366 e. The van der Waals surface area contributed by atoms with E-state index in [0.29, 0.717) is 31.3 Å². The lowest BCUT2D eigenvalue weighted by Crippen LogP contribution is -2.13. The third-order valence-corrected chi connectivity index (χ3v) is 5.83. The number of benzene rings is 3. The first kappa shape index (κ1) is 19.2. The highest BCUT2D eigenvalue weighted by molar-refractivity contribution is 7.24. The van der Waals surface area contributed by atoms with Crippen LogP contribution in [0, 0.1) is 10.1 Å². The zero-order valence-electron chi connectivity index (χ0n) is 15.2. The molecule has 0 atom stereocenters. The SMILES string of the molecule is NC(=O)c1ccc2c(=O)c3c(-c4ccc([N+](=O)[O-])cc4)cc(C(N)=O)cc3sc2c1. The lowest BCUT2D eigenvalue weighted by Gasteiger charge is -2.10. The number of nitro benzene ring substituents is 1. The van der Waals surface area contributed by atoms with Crippen molar-refractivity contribution in [3.05, 3.63) is 86.1 Å². The number of carbonyl (C=O) groups excluding carboxylic acids is 2. The van der Waals surface area contributed by atoms with E-state index in [1.54, 1.807) is 0 Å². The Morgan fingerprint density at radius 2 is 1.50 bits per heavy atom. The fourth-order valence-electron chi connectivity index (χ4n) is 3.26. The number of primary amides is 2. The van der Waals surface area contributed by atoms with Gasteiger partial charge in [-0.3, -0.25) is 24.5 Å². The Kier molecular flexibility index (Phi) is 4.52. The number of non-ortho nitro benzene ring substituents is 1. The minimum Gasteiger partial charge on any atom is -0.366 e. The first-order valence-electron chi connectivity index (χ1n) is 8.65. The lowest BCUT2D eigenvalue weighted by atomic mass is 9.97. The number of nitrogens with two attached hydrogens (primary N) is 2. The topological polar surface area (TPSA) is 146 Å². The van der Waals surface area contributed by atoms with Crippen molar-refractivity contribution in [2.45, 2.75) is 0 Å². The molecule has 3 aromatic carbocycles. The summed E-state index contributed by atoms with van der Waals surface area (Å²) in [5.74, 6) is -1.29. The molecule has 4 rings (SSSR count). The molecule has 1 heterocycles. The van der Waals surface area contributed by atoms with Crippen molar-refractivity contribution in [3.63, 3.8) is 0 Å². The van der Waals surface area contributed by atoms with E-state index in [1.807, 2.05) is 0 Å². The van der Waals surface area contributed by atoms with Gasteiger partial charge in [-0.25, -0.2) is 0 Å². The molecule has 0 aliphatic rings. The van der Waals surface area contributed by atoms with Gasteiger partial charge in [0.05, 0.1) is 4.92 Å². The summed E-state index contributed by atoms with van der Waals surface area (Å²) in [7, 11) is 0. The molecule has 4 N–H and O–H groups in total. The maximum Gasteiger partial charge on any atom is 0.269 e. The van der Waals surface area contributed by atoms with Crippen LogP contribution >= 0.6 is 11.3 Å². The Hall–Kier alpha value is -4.11. The summed E-state index contributed by atoms with van der Waals surface area (Å²) in [4.78, 5) is 47.1. The highest BCUT2D eigenvalue weighted by Gasteiger charge is 2.17. The number of hydrogen-bond donors (Lipinski definition) is 2. The fraction of sp³-hybridized carbons (Fsp3) is 0. The maximum absolute atomic E-state index is 13.3. The summed E-state index contributed by atoms with van der Waals surface area (Å²) < 4.78 is 1.04. The Labute approximate surface area is 172 Å². The summed E-state index contributed by atoms with van der Waals surface area (Å²) in [6, 6.07) is 13.3. The van der Waals surface area contributed by atoms with Gasteiger partial charge in [-0.1, -0.05) is 0 Å². The Balaban J connectivity index is 2.09. The van der Waals surface area contributed by atoms with Gasteiger partial charge in [0.2, 0.25) is 11.8 Å². The van der Waals surface area contributed by atoms with E-state index in [2.05, 4.69) is 0 Å². The molecule has 0 aliphatic heterocycles. The monoisotopic (exact) mass is 419 g/mol. The Morgan fingerprint density at radius 1 is 0.867 bits per heavy atom. The van der Waals surface area contributed by atoms with E-state index in [1.165, 1.54) is 65.9 Å². The standard InChI is InChI=1S/C21H13N3O5S/c22-20(26)11-3-6-14-16(8-11)30-17-9-12(21(23)27)7-15(18(17)19(14)25)10-1-4-13(5-2-10)24(28)29/h1-9H,(H2,22,26)(H2,23,27). The van der Waals surface area contributed by atoms with Gasteiger partial charge in [-0.2, -0.15) is 0 Å². The Morgan fingerprint density at radius 3 is 2.10 bits per heavy atom. The van der Waals surface area contributed by atoms with Gasteiger partial charge in [0.25, 0.3) is 5.69 Å². The summed E-state index contributed by atoms with van der Waals surface area (Å²) in [5, 5.41) is 11.7. The van der Waals surface area contributed by atoms with Crippen LogP contribution in [-0.2, 0) is 0 Å². The third kappa shape index (κ3) is 3.16. The molecular weight excluding hydrogens is 406 g/mol. The van der Waals surface area contributed by atoms with Crippen molar-refractivity contribution in [3.8, 4) is 11.1 Å². The molecule has 30 heavy (non-hydrogen) atoms. The number of fused-ring (bicyclic) bond motifs is 2. The normalized spacial score (nSPS) is 10.9. The maximum atomic E-state index is 13.3. The average Bonchev–Trinajstić information content (AvgIpc) is 2.72. The minimum absolute atomic E-state index is 0.0938.